The number of rotatable bonds is 8. The summed E-state index contributed by atoms with van der Waals surface area (Å²) in [6, 6.07) is 3.17. The average Bonchev–Trinajstić information content (AvgIpc) is 3.01. The second-order valence-corrected chi connectivity index (χ2v) is 5.03. The van der Waals surface area contributed by atoms with Crippen molar-refractivity contribution in [3.8, 4) is 5.75 Å². The summed E-state index contributed by atoms with van der Waals surface area (Å²) in [4.78, 5) is 17.8. The van der Waals surface area contributed by atoms with Gasteiger partial charge >= 0.3 is 0 Å². The van der Waals surface area contributed by atoms with E-state index in [4.69, 9.17) is 20.9 Å². The smallest absolute Gasteiger partial charge is 0.276 e. The quantitative estimate of drug-likeness (QED) is 0.694. The van der Waals surface area contributed by atoms with Crippen molar-refractivity contribution in [3.05, 3.63) is 66.3 Å². The Morgan fingerprint density at radius 1 is 1.30 bits per heavy atom. The first-order chi connectivity index (χ1) is 11.1. The zero-order valence-corrected chi connectivity index (χ0v) is 13.2. The molecule has 7 heteroatoms. The highest BCUT2D eigenvalue weighted by Crippen LogP contribution is 2.17. The van der Waals surface area contributed by atoms with Crippen molar-refractivity contribution in [2.24, 2.45) is 0 Å². The lowest BCUT2D eigenvalue weighted by Gasteiger charge is -2.17. The summed E-state index contributed by atoms with van der Waals surface area (Å²) in [5.41, 5.74) is 0.205. The van der Waals surface area contributed by atoms with Gasteiger partial charge in [-0.25, -0.2) is 0 Å². The summed E-state index contributed by atoms with van der Waals surface area (Å²) < 4.78 is 10.6. The van der Waals surface area contributed by atoms with Gasteiger partial charge in [0.1, 0.15) is 12.4 Å². The molecule has 2 aromatic heterocycles. The Hall–Kier alpha value is -2.60. The standard InChI is InChI=1S/C16H16ClN3O3/c1-3-5-20(6-4-2)16(21)15-8-14(23-19-15)11-22-13-7-12(17)9-18-10-13/h3-4,7-10H,1-2,5-6,11H2. The summed E-state index contributed by atoms with van der Waals surface area (Å²) in [6.07, 6.45) is 6.31. The van der Waals surface area contributed by atoms with Crippen molar-refractivity contribution in [1.29, 1.82) is 0 Å². The van der Waals surface area contributed by atoms with E-state index in [1.807, 2.05) is 0 Å². The molecule has 0 fully saturated rings. The Balaban J connectivity index is 2.00. The predicted octanol–water partition coefficient (Wildman–Crippen LogP) is 3.12. The number of carbonyl (C=O) groups excluding carboxylic acids is 1. The summed E-state index contributed by atoms with van der Waals surface area (Å²) in [7, 11) is 0. The summed E-state index contributed by atoms with van der Waals surface area (Å²) in [5, 5.41) is 4.25. The molecule has 120 valence electrons. The van der Waals surface area contributed by atoms with E-state index in [2.05, 4.69) is 23.3 Å². The van der Waals surface area contributed by atoms with E-state index in [1.54, 1.807) is 29.2 Å². The van der Waals surface area contributed by atoms with Gasteiger partial charge in [0, 0.05) is 31.4 Å². The number of pyridine rings is 1. The minimum atomic E-state index is -0.260. The van der Waals surface area contributed by atoms with Gasteiger partial charge in [0.15, 0.2) is 11.5 Å². The van der Waals surface area contributed by atoms with E-state index in [9.17, 15) is 4.79 Å². The summed E-state index contributed by atoms with van der Waals surface area (Å²) in [5.74, 6) is 0.663. The largest absolute Gasteiger partial charge is 0.484 e. The van der Waals surface area contributed by atoms with Crippen LogP contribution >= 0.6 is 11.6 Å². The van der Waals surface area contributed by atoms with Crippen LogP contribution in [0.3, 0.4) is 0 Å². The maximum absolute atomic E-state index is 12.3. The molecule has 0 aliphatic rings. The molecule has 0 N–H and O–H groups in total. The summed E-state index contributed by atoms with van der Waals surface area (Å²) in [6.45, 7) is 8.17. The van der Waals surface area contributed by atoms with E-state index >= 15 is 0 Å². The first-order valence-electron chi connectivity index (χ1n) is 6.84. The third-order valence-electron chi connectivity index (χ3n) is 2.83. The lowest BCUT2D eigenvalue weighted by atomic mass is 10.3. The third kappa shape index (κ3) is 4.69. The van der Waals surface area contributed by atoms with Gasteiger partial charge < -0.3 is 14.2 Å². The Morgan fingerprint density at radius 2 is 2.04 bits per heavy atom. The van der Waals surface area contributed by atoms with Crippen LogP contribution in [-0.4, -0.2) is 34.0 Å². The average molecular weight is 334 g/mol. The lowest BCUT2D eigenvalue weighted by molar-refractivity contribution is 0.0780. The molecule has 6 nitrogen and oxygen atoms in total. The van der Waals surface area contributed by atoms with Crippen molar-refractivity contribution < 1.29 is 14.1 Å². The number of carbonyl (C=O) groups is 1. The van der Waals surface area contributed by atoms with Crippen LogP contribution in [0.5, 0.6) is 5.75 Å². The highest BCUT2D eigenvalue weighted by Gasteiger charge is 2.18. The van der Waals surface area contributed by atoms with Crippen LogP contribution in [0.15, 0.2) is 54.4 Å². The predicted molar refractivity (Wildman–Crippen MR) is 86.4 cm³/mol. The minimum Gasteiger partial charge on any atom is -0.484 e. The molecule has 0 radical (unpaired) electrons. The fourth-order valence-corrected chi connectivity index (χ4v) is 1.99. The van der Waals surface area contributed by atoms with E-state index in [1.165, 1.54) is 12.4 Å². The molecule has 0 aromatic carbocycles. The maximum Gasteiger partial charge on any atom is 0.276 e. The van der Waals surface area contributed by atoms with Crippen molar-refractivity contribution in [2.75, 3.05) is 13.1 Å². The molecule has 23 heavy (non-hydrogen) atoms. The van der Waals surface area contributed by atoms with Gasteiger partial charge in [0.2, 0.25) is 0 Å². The molecule has 0 saturated heterocycles. The number of aromatic nitrogens is 2. The SMILES string of the molecule is C=CCN(CC=C)C(=O)c1cc(COc2cncc(Cl)c2)on1. The van der Waals surface area contributed by atoms with Crippen molar-refractivity contribution >= 4 is 17.5 Å². The van der Waals surface area contributed by atoms with Crippen LogP contribution in [0.25, 0.3) is 0 Å². The molecule has 0 unspecified atom stereocenters. The second kappa shape index (κ2) is 8.14. The number of halogens is 1. The number of hydrogen-bond acceptors (Lipinski definition) is 5. The van der Waals surface area contributed by atoms with Crippen LogP contribution in [-0.2, 0) is 6.61 Å². The molecule has 2 rings (SSSR count). The van der Waals surface area contributed by atoms with Gasteiger partial charge in [0.05, 0.1) is 11.2 Å². The molecule has 0 atom stereocenters. The lowest BCUT2D eigenvalue weighted by Crippen LogP contribution is -2.31. The normalized spacial score (nSPS) is 10.1. The number of ether oxygens (including phenoxy) is 1. The van der Waals surface area contributed by atoms with Gasteiger partial charge in [0.25, 0.3) is 5.91 Å². The molecule has 2 aromatic rings. The van der Waals surface area contributed by atoms with Gasteiger partial charge in [-0.1, -0.05) is 28.9 Å². The topological polar surface area (TPSA) is 68.5 Å². The molecular formula is C16H16ClN3O3. The number of nitrogens with zero attached hydrogens (tertiary/aromatic N) is 3. The fourth-order valence-electron chi connectivity index (χ4n) is 1.82. The zero-order valence-electron chi connectivity index (χ0n) is 12.4. The highest BCUT2D eigenvalue weighted by molar-refractivity contribution is 6.30. The van der Waals surface area contributed by atoms with Crippen molar-refractivity contribution in [2.45, 2.75) is 6.61 Å². The van der Waals surface area contributed by atoms with Crippen LogP contribution in [0.1, 0.15) is 16.2 Å². The third-order valence-corrected chi connectivity index (χ3v) is 3.03. The monoisotopic (exact) mass is 333 g/mol. The van der Waals surface area contributed by atoms with Gasteiger partial charge in [-0.3, -0.25) is 9.78 Å². The molecule has 1 amide bonds. The second-order valence-electron chi connectivity index (χ2n) is 4.59. The molecule has 0 aliphatic heterocycles. The van der Waals surface area contributed by atoms with E-state index < -0.39 is 0 Å². The fraction of sp³-hybridized carbons (Fsp3) is 0.188. The summed E-state index contributed by atoms with van der Waals surface area (Å²) >= 11 is 5.82. The van der Waals surface area contributed by atoms with Crippen LogP contribution in [0.2, 0.25) is 5.02 Å². The Kier molecular flexibility index (Phi) is 5.94. The molecule has 0 saturated carbocycles. The first kappa shape index (κ1) is 16.8. The maximum atomic E-state index is 12.3. The Morgan fingerprint density at radius 3 is 2.70 bits per heavy atom. The first-order valence-corrected chi connectivity index (χ1v) is 7.22. The Bertz CT molecular complexity index is 689. The van der Waals surface area contributed by atoms with Gasteiger partial charge in [-0.15, -0.1) is 13.2 Å². The molecule has 2 heterocycles. The molecule has 0 bridgehead atoms. The van der Waals surface area contributed by atoms with Crippen molar-refractivity contribution in [1.82, 2.24) is 15.0 Å². The number of amides is 1. The minimum absolute atomic E-state index is 0.116. The van der Waals surface area contributed by atoms with Gasteiger partial charge in [-0.2, -0.15) is 0 Å². The van der Waals surface area contributed by atoms with E-state index in [-0.39, 0.29) is 18.2 Å². The highest BCUT2D eigenvalue weighted by atomic mass is 35.5. The molecular weight excluding hydrogens is 318 g/mol. The van der Waals surface area contributed by atoms with E-state index in [0.29, 0.717) is 29.6 Å². The number of hydrogen-bond donors (Lipinski definition) is 0. The van der Waals surface area contributed by atoms with Crippen LogP contribution in [0.4, 0.5) is 0 Å². The molecule has 0 aliphatic carbocycles. The zero-order chi connectivity index (χ0) is 16.7. The van der Waals surface area contributed by atoms with Gasteiger partial charge in [-0.05, 0) is 0 Å². The van der Waals surface area contributed by atoms with Crippen LogP contribution < -0.4 is 4.74 Å². The Labute approximate surface area is 139 Å². The molecule has 0 spiro atoms. The van der Waals surface area contributed by atoms with Crippen molar-refractivity contribution in [3.63, 3.8) is 0 Å². The van der Waals surface area contributed by atoms with E-state index in [0.717, 1.165) is 0 Å². The van der Waals surface area contributed by atoms with Crippen LogP contribution in [0, 0.1) is 0 Å².